The van der Waals surface area contributed by atoms with E-state index in [0.29, 0.717) is 11.3 Å². The zero-order valence-corrected chi connectivity index (χ0v) is 11.1. The fraction of sp³-hybridized carbons (Fsp3) is 1.00. The molecule has 0 aliphatic carbocycles. The third-order valence-electron chi connectivity index (χ3n) is 4.63. The topological polar surface area (TPSA) is 0 Å². The molecule has 4 unspecified atom stereocenters. The average molecular weight is 194 g/mol. The lowest BCUT2D eigenvalue weighted by atomic mass is 9.59. The minimum absolute atomic E-state index is 0.288. The van der Waals surface area contributed by atoms with Gasteiger partial charge in [-0.3, -0.25) is 0 Å². The Balaban J connectivity index is 4.59. The van der Waals surface area contributed by atoms with E-state index in [1.807, 2.05) is 0 Å². The summed E-state index contributed by atoms with van der Waals surface area (Å²) in [4.78, 5) is 0. The predicted octanol–water partition coefficient (Wildman–Crippen LogP) is 4.31. The van der Waals surface area contributed by atoms with Gasteiger partial charge in [0.1, 0.15) is 0 Å². The number of rotatable bonds is 5. The molecular weight excluding hydrogens is 167 g/mol. The first-order valence-electron chi connectivity index (χ1n) is 6.00. The average Bonchev–Trinajstić information content (AvgIpc) is 2.13. The largest absolute Gasteiger partial charge is 0.0771 e. The van der Waals surface area contributed by atoms with Crippen LogP contribution >= 0.6 is 0 Å². The molecule has 0 rings (SSSR count). The van der Waals surface area contributed by atoms with Gasteiger partial charge in [-0.2, -0.15) is 0 Å². The molecule has 82 valence electrons. The van der Waals surface area contributed by atoms with Gasteiger partial charge in [-0.15, -0.1) is 0 Å². The van der Waals surface area contributed by atoms with Gasteiger partial charge in [-0.25, -0.2) is 0 Å². The van der Waals surface area contributed by atoms with Gasteiger partial charge >= 0.3 is 0 Å². The molecule has 0 saturated heterocycles. The van der Waals surface area contributed by atoms with Crippen LogP contribution in [0.4, 0.5) is 0 Å². The van der Waals surface area contributed by atoms with Crippen LogP contribution < -0.4 is 0 Å². The van der Waals surface area contributed by atoms with Crippen LogP contribution in [-0.2, 0) is 0 Å². The molecule has 0 aromatic rings. The molecule has 0 aliphatic rings. The fourth-order valence-electron chi connectivity index (χ4n) is 2.18. The molecule has 0 amide bonds. The van der Waals surface area contributed by atoms with E-state index in [2.05, 4.69) is 48.5 Å². The van der Waals surface area contributed by atoms with E-state index in [1.54, 1.807) is 0 Å². The highest BCUT2D eigenvalue weighted by atomic mass is 14.4. The van der Waals surface area contributed by atoms with Crippen LogP contribution in [0.1, 0.15) is 54.9 Å². The maximum absolute atomic E-state index is 6.00. The SMILES string of the molecule is [B]C(C)C(C)C(C)(C)C(C)C(C)CC. The molecule has 0 saturated carbocycles. The van der Waals surface area contributed by atoms with Crippen molar-refractivity contribution in [1.82, 2.24) is 0 Å². The highest BCUT2D eigenvalue weighted by Gasteiger charge is 2.35. The lowest BCUT2D eigenvalue weighted by Crippen LogP contribution is -2.34. The summed E-state index contributed by atoms with van der Waals surface area (Å²) in [6, 6.07) is 0. The Morgan fingerprint density at radius 1 is 1.00 bits per heavy atom. The summed E-state index contributed by atoms with van der Waals surface area (Å²) in [6.07, 6.45) is 1.26. The zero-order chi connectivity index (χ0) is 11.5. The molecule has 0 nitrogen and oxygen atoms in total. The first kappa shape index (κ1) is 14.1. The Kier molecular flexibility index (Phi) is 5.26. The molecule has 0 spiro atoms. The van der Waals surface area contributed by atoms with E-state index >= 15 is 0 Å². The maximum Gasteiger partial charge on any atom is 0.0699 e. The first-order chi connectivity index (χ1) is 6.25. The second kappa shape index (κ2) is 5.23. The van der Waals surface area contributed by atoms with Gasteiger partial charge in [0.2, 0.25) is 0 Å². The van der Waals surface area contributed by atoms with Crippen LogP contribution in [0.3, 0.4) is 0 Å². The smallest absolute Gasteiger partial charge is 0.0699 e. The molecule has 0 aliphatic heterocycles. The molecule has 0 aromatic heterocycles. The lowest BCUT2D eigenvalue weighted by molar-refractivity contribution is 0.0919. The molecule has 0 heterocycles. The van der Waals surface area contributed by atoms with Crippen LogP contribution in [0.25, 0.3) is 0 Å². The summed E-state index contributed by atoms with van der Waals surface area (Å²) >= 11 is 0. The second-order valence-electron chi connectivity index (χ2n) is 5.64. The van der Waals surface area contributed by atoms with Gasteiger partial charge in [-0.1, -0.05) is 60.7 Å². The third kappa shape index (κ3) is 3.03. The normalized spacial score (nSPS) is 21.4. The van der Waals surface area contributed by atoms with Crippen LogP contribution in [-0.4, -0.2) is 7.85 Å². The van der Waals surface area contributed by atoms with E-state index in [4.69, 9.17) is 7.85 Å². The molecule has 2 radical (unpaired) electrons. The highest BCUT2D eigenvalue weighted by Crippen LogP contribution is 2.43. The third-order valence-corrected chi connectivity index (χ3v) is 4.63. The van der Waals surface area contributed by atoms with Gasteiger partial charge in [0.25, 0.3) is 0 Å². The Bertz CT molecular complexity index is 161. The molecule has 0 aromatic carbocycles. The Hall–Kier alpha value is 0.0649. The molecule has 0 fully saturated rings. The highest BCUT2D eigenvalue weighted by molar-refractivity contribution is 6.11. The molecule has 14 heavy (non-hydrogen) atoms. The second-order valence-corrected chi connectivity index (χ2v) is 5.64. The zero-order valence-electron chi connectivity index (χ0n) is 11.1. The fourth-order valence-corrected chi connectivity index (χ4v) is 2.18. The predicted molar refractivity (Wildman–Crippen MR) is 66.7 cm³/mol. The van der Waals surface area contributed by atoms with E-state index in [0.717, 1.165) is 11.8 Å². The van der Waals surface area contributed by atoms with Crippen LogP contribution in [0.15, 0.2) is 0 Å². The number of hydrogen-bond acceptors (Lipinski definition) is 0. The summed E-state index contributed by atoms with van der Waals surface area (Å²) in [5, 5.41) is 0. The van der Waals surface area contributed by atoms with E-state index in [9.17, 15) is 0 Å². The summed E-state index contributed by atoms with van der Waals surface area (Å²) < 4.78 is 0. The standard InChI is InChI=1S/C13H27B/c1-8-9(2)10(3)13(6,7)11(4)12(5)14/h9-12H,8H2,1-7H3. The van der Waals surface area contributed by atoms with Gasteiger partial charge < -0.3 is 0 Å². The van der Waals surface area contributed by atoms with Crippen molar-refractivity contribution >= 4 is 7.85 Å². The first-order valence-corrected chi connectivity index (χ1v) is 6.00. The van der Waals surface area contributed by atoms with Crippen molar-refractivity contribution in [2.24, 2.45) is 23.2 Å². The van der Waals surface area contributed by atoms with Crippen LogP contribution in [0, 0.1) is 23.2 Å². The summed E-state index contributed by atoms with van der Waals surface area (Å²) in [6.45, 7) is 16.1. The molecular formula is C13H27B. The van der Waals surface area contributed by atoms with Gasteiger partial charge in [0.05, 0.1) is 7.85 Å². The molecule has 0 bridgehead atoms. The van der Waals surface area contributed by atoms with Crippen molar-refractivity contribution in [2.75, 3.05) is 0 Å². The molecule has 0 N–H and O–H groups in total. The van der Waals surface area contributed by atoms with Gasteiger partial charge in [-0.05, 0) is 23.2 Å². The van der Waals surface area contributed by atoms with Crippen molar-refractivity contribution in [1.29, 1.82) is 0 Å². The van der Waals surface area contributed by atoms with Crippen LogP contribution in [0.2, 0.25) is 5.82 Å². The summed E-state index contributed by atoms with van der Waals surface area (Å²) in [5.74, 6) is 2.38. The molecule has 1 heteroatoms. The summed E-state index contributed by atoms with van der Waals surface area (Å²) in [7, 11) is 6.00. The minimum atomic E-state index is 0.288. The van der Waals surface area contributed by atoms with Crippen molar-refractivity contribution in [3.05, 3.63) is 0 Å². The quantitative estimate of drug-likeness (QED) is 0.572. The lowest BCUT2D eigenvalue weighted by Gasteiger charge is -2.42. The Labute approximate surface area is 92.3 Å². The van der Waals surface area contributed by atoms with Gasteiger partial charge in [0, 0.05) is 0 Å². The van der Waals surface area contributed by atoms with Gasteiger partial charge in [0.15, 0.2) is 0 Å². The molecule has 4 atom stereocenters. The number of hydrogen-bond donors (Lipinski definition) is 0. The monoisotopic (exact) mass is 194 g/mol. The van der Waals surface area contributed by atoms with E-state index < -0.39 is 0 Å². The summed E-state index contributed by atoms with van der Waals surface area (Å²) in [5.41, 5.74) is 0.337. The maximum atomic E-state index is 6.00. The van der Waals surface area contributed by atoms with E-state index in [-0.39, 0.29) is 5.82 Å². The minimum Gasteiger partial charge on any atom is -0.0771 e. The van der Waals surface area contributed by atoms with Crippen molar-refractivity contribution < 1.29 is 0 Å². The van der Waals surface area contributed by atoms with Crippen molar-refractivity contribution in [3.8, 4) is 0 Å². The van der Waals surface area contributed by atoms with Crippen molar-refractivity contribution in [2.45, 2.75) is 60.7 Å². The van der Waals surface area contributed by atoms with Crippen molar-refractivity contribution in [3.63, 3.8) is 0 Å². The van der Waals surface area contributed by atoms with Crippen LogP contribution in [0.5, 0.6) is 0 Å². The Morgan fingerprint density at radius 2 is 1.43 bits per heavy atom. The van der Waals surface area contributed by atoms with E-state index in [1.165, 1.54) is 6.42 Å². The Morgan fingerprint density at radius 3 is 1.71 bits per heavy atom.